The largest absolute Gasteiger partial charge is 0.493 e. The van der Waals surface area contributed by atoms with Gasteiger partial charge in [0.2, 0.25) is 0 Å². The fourth-order valence-corrected chi connectivity index (χ4v) is 4.79. The van der Waals surface area contributed by atoms with Gasteiger partial charge < -0.3 is 18.8 Å². The van der Waals surface area contributed by atoms with Gasteiger partial charge in [-0.05, 0) is 25.0 Å². The number of benzene rings is 2. The van der Waals surface area contributed by atoms with Gasteiger partial charge in [0.15, 0.2) is 11.5 Å². The number of ether oxygens (including phenoxy) is 3. The first kappa shape index (κ1) is 23.6. The van der Waals surface area contributed by atoms with E-state index in [-0.39, 0.29) is 0 Å². The molecule has 0 amide bonds. The van der Waals surface area contributed by atoms with Crippen LogP contribution in [0.4, 0.5) is 0 Å². The molecule has 1 saturated heterocycles. The molecule has 0 unspecified atom stereocenters. The monoisotopic (exact) mass is 474 g/mol. The number of aromatic nitrogens is 3. The number of methoxy groups -OCH3 is 1. The van der Waals surface area contributed by atoms with Gasteiger partial charge in [0.25, 0.3) is 0 Å². The molecule has 35 heavy (non-hydrogen) atoms. The lowest BCUT2D eigenvalue weighted by Gasteiger charge is -2.26. The van der Waals surface area contributed by atoms with Crippen LogP contribution in [-0.2, 0) is 11.3 Å². The number of para-hydroxylation sites is 1. The Balaban J connectivity index is 1.46. The molecule has 1 aliphatic rings. The number of morpholine rings is 1. The number of unbranched alkanes of at least 4 members (excludes halogenated alkanes) is 1. The number of nitrogens with zero attached hydrogens (tertiary/aromatic N) is 4. The third kappa shape index (κ3) is 5.11. The second-order valence-electron chi connectivity index (χ2n) is 9.01. The van der Waals surface area contributed by atoms with E-state index in [0.29, 0.717) is 12.4 Å². The minimum absolute atomic E-state index is 0.624. The summed E-state index contributed by atoms with van der Waals surface area (Å²) in [6.45, 7) is 8.46. The molecule has 0 bridgehead atoms. The second-order valence-corrected chi connectivity index (χ2v) is 9.01. The van der Waals surface area contributed by atoms with Crippen LogP contribution in [0.25, 0.3) is 33.1 Å². The van der Waals surface area contributed by atoms with Crippen molar-refractivity contribution in [1.29, 1.82) is 0 Å². The van der Waals surface area contributed by atoms with Crippen molar-refractivity contribution in [2.75, 3.05) is 46.6 Å². The summed E-state index contributed by atoms with van der Waals surface area (Å²) in [6, 6.07) is 12.5. The van der Waals surface area contributed by atoms with Gasteiger partial charge >= 0.3 is 0 Å². The zero-order valence-electron chi connectivity index (χ0n) is 20.7. The molecule has 7 heteroatoms. The Hall–Kier alpha value is -3.16. The van der Waals surface area contributed by atoms with E-state index in [9.17, 15) is 0 Å². The van der Waals surface area contributed by atoms with Crippen molar-refractivity contribution in [2.24, 2.45) is 0 Å². The Morgan fingerprint density at radius 3 is 2.66 bits per heavy atom. The lowest BCUT2D eigenvalue weighted by molar-refractivity contribution is 0.0357. The van der Waals surface area contributed by atoms with Gasteiger partial charge in [-0.15, -0.1) is 0 Å². The summed E-state index contributed by atoms with van der Waals surface area (Å²) in [7, 11) is 1.67. The van der Waals surface area contributed by atoms with Crippen LogP contribution >= 0.6 is 0 Å². The summed E-state index contributed by atoms with van der Waals surface area (Å²) in [5.41, 5.74) is 4.11. The molecule has 5 rings (SSSR count). The molecule has 1 aliphatic heterocycles. The van der Waals surface area contributed by atoms with E-state index in [2.05, 4.69) is 51.8 Å². The lowest BCUT2D eigenvalue weighted by atomic mass is 10.1. The average Bonchev–Trinajstić information content (AvgIpc) is 3.28. The summed E-state index contributed by atoms with van der Waals surface area (Å²) in [6.07, 6.45) is 7.12. The van der Waals surface area contributed by atoms with Crippen LogP contribution in [0, 0.1) is 0 Å². The Morgan fingerprint density at radius 1 is 0.971 bits per heavy atom. The lowest BCUT2D eigenvalue weighted by Crippen LogP contribution is -2.37. The first-order valence-corrected chi connectivity index (χ1v) is 12.6. The third-order valence-corrected chi connectivity index (χ3v) is 6.70. The Kier molecular flexibility index (Phi) is 7.45. The summed E-state index contributed by atoms with van der Waals surface area (Å²) >= 11 is 0. The topological polar surface area (TPSA) is 61.6 Å². The molecule has 0 saturated carbocycles. The maximum Gasteiger partial charge on any atom is 0.162 e. The number of aryl methyl sites for hydroxylation is 1. The maximum atomic E-state index is 6.22. The predicted octanol–water partition coefficient (Wildman–Crippen LogP) is 5.16. The highest BCUT2D eigenvalue weighted by Gasteiger charge is 2.17. The first-order valence-electron chi connectivity index (χ1n) is 12.6. The van der Waals surface area contributed by atoms with E-state index >= 15 is 0 Å². The van der Waals surface area contributed by atoms with E-state index in [4.69, 9.17) is 19.2 Å². The van der Waals surface area contributed by atoms with Crippen molar-refractivity contribution in [3.05, 3.63) is 48.9 Å². The zero-order valence-corrected chi connectivity index (χ0v) is 20.7. The molecular weight excluding hydrogens is 440 g/mol. The van der Waals surface area contributed by atoms with Crippen molar-refractivity contribution in [3.8, 4) is 22.8 Å². The van der Waals surface area contributed by atoms with Crippen molar-refractivity contribution >= 4 is 21.8 Å². The van der Waals surface area contributed by atoms with Gasteiger partial charge in [-0.2, -0.15) is 0 Å². The van der Waals surface area contributed by atoms with Crippen molar-refractivity contribution in [3.63, 3.8) is 0 Å². The van der Waals surface area contributed by atoms with E-state index in [1.165, 1.54) is 10.9 Å². The Labute approximate surface area is 206 Å². The third-order valence-electron chi connectivity index (χ3n) is 6.70. The van der Waals surface area contributed by atoms with Crippen LogP contribution in [0.2, 0.25) is 0 Å². The van der Waals surface area contributed by atoms with E-state index in [1.54, 1.807) is 13.4 Å². The highest BCUT2D eigenvalue weighted by Crippen LogP contribution is 2.38. The molecule has 0 atom stereocenters. The Bertz CT molecular complexity index is 1280. The molecule has 0 N–H and O–H groups in total. The highest BCUT2D eigenvalue weighted by atomic mass is 16.5. The van der Waals surface area contributed by atoms with Crippen molar-refractivity contribution < 1.29 is 14.2 Å². The SMILES string of the molecule is CCCCn1cc(-c2ncnc3cc(OC)c(OCCCN4CCOCC4)cc23)c2ccccc21. The van der Waals surface area contributed by atoms with Crippen LogP contribution < -0.4 is 9.47 Å². The van der Waals surface area contributed by atoms with Gasteiger partial charge in [-0.1, -0.05) is 31.5 Å². The van der Waals surface area contributed by atoms with Gasteiger partial charge in [-0.3, -0.25) is 4.90 Å². The first-order chi connectivity index (χ1) is 17.3. The Morgan fingerprint density at radius 2 is 1.83 bits per heavy atom. The van der Waals surface area contributed by atoms with E-state index < -0.39 is 0 Å². The minimum Gasteiger partial charge on any atom is -0.493 e. The van der Waals surface area contributed by atoms with Gasteiger partial charge in [0.1, 0.15) is 6.33 Å². The molecular formula is C28H34N4O3. The predicted molar refractivity (Wildman–Crippen MR) is 139 cm³/mol. The number of rotatable bonds is 10. The van der Waals surface area contributed by atoms with Crippen LogP contribution in [-0.4, -0.2) is 66.0 Å². The second kappa shape index (κ2) is 11.1. The van der Waals surface area contributed by atoms with Crippen LogP contribution in [0.1, 0.15) is 26.2 Å². The molecule has 2 aromatic heterocycles. The molecule has 0 radical (unpaired) electrons. The smallest absolute Gasteiger partial charge is 0.162 e. The molecule has 3 heterocycles. The molecule has 2 aromatic carbocycles. The normalized spacial score (nSPS) is 14.6. The van der Waals surface area contributed by atoms with Crippen LogP contribution in [0.15, 0.2) is 48.9 Å². The van der Waals surface area contributed by atoms with Crippen LogP contribution in [0.5, 0.6) is 11.5 Å². The minimum atomic E-state index is 0.624. The van der Waals surface area contributed by atoms with Crippen LogP contribution in [0.3, 0.4) is 0 Å². The standard InChI is InChI=1S/C28H34N4O3/c1-3-4-11-32-19-23(21-8-5-6-9-25(21)32)28-22-17-27(26(33-2)18-24(22)29-20-30-28)35-14-7-10-31-12-15-34-16-13-31/h5-6,8-9,17-20H,3-4,7,10-16H2,1-2H3. The fourth-order valence-electron chi connectivity index (χ4n) is 4.79. The zero-order chi connectivity index (χ0) is 24.0. The van der Waals surface area contributed by atoms with Crippen molar-refractivity contribution in [1.82, 2.24) is 19.4 Å². The van der Waals surface area contributed by atoms with Gasteiger partial charge in [0, 0.05) is 60.3 Å². The maximum absolute atomic E-state index is 6.22. The van der Waals surface area contributed by atoms with Gasteiger partial charge in [0.05, 0.1) is 38.1 Å². The van der Waals surface area contributed by atoms with Crippen molar-refractivity contribution in [2.45, 2.75) is 32.7 Å². The highest BCUT2D eigenvalue weighted by molar-refractivity contribution is 6.03. The molecule has 0 spiro atoms. The summed E-state index contributed by atoms with van der Waals surface area (Å²) in [4.78, 5) is 11.7. The number of fused-ring (bicyclic) bond motifs is 2. The fraction of sp³-hybridized carbons (Fsp3) is 0.429. The molecule has 4 aromatic rings. The van der Waals surface area contributed by atoms with E-state index in [1.807, 2.05) is 12.1 Å². The summed E-state index contributed by atoms with van der Waals surface area (Å²) in [5, 5.41) is 2.17. The summed E-state index contributed by atoms with van der Waals surface area (Å²) in [5.74, 6) is 1.42. The molecule has 0 aliphatic carbocycles. The van der Waals surface area contributed by atoms with E-state index in [0.717, 1.165) is 86.6 Å². The average molecular weight is 475 g/mol. The number of hydrogen-bond acceptors (Lipinski definition) is 6. The molecule has 1 fully saturated rings. The molecule has 184 valence electrons. The number of hydrogen-bond donors (Lipinski definition) is 0. The summed E-state index contributed by atoms with van der Waals surface area (Å²) < 4.78 is 19.6. The van der Waals surface area contributed by atoms with Gasteiger partial charge in [-0.25, -0.2) is 9.97 Å². The quantitative estimate of drug-likeness (QED) is 0.296. The molecule has 7 nitrogen and oxygen atoms in total.